The molecule has 0 aliphatic heterocycles. The van der Waals surface area contributed by atoms with Crippen LogP contribution in [-0.4, -0.2) is 17.4 Å². The number of carbonyl (C=O) groups is 1. The standard InChI is InChI=1S/C13H12ClN3O3S/c14-11-7-8(17(19)20)6-10(12(11)15)13(18)16-4-3-9-2-1-5-21-9/h1-2,5-7H,3-4,15H2,(H,16,18). The summed E-state index contributed by atoms with van der Waals surface area (Å²) in [6.07, 6.45) is 0.686. The van der Waals surface area contributed by atoms with E-state index in [9.17, 15) is 14.9 Å². The van der Waals surface area contributed by atoms with Crippen LogP contribution in [0.4, 0.5) is 11.4 Å². The van der Waals surface area contributed by atoms with Crippen molar-refractivity contribution in [1.29, 1.82) is 0 Å². The largest absolute Gasteiger partial charge is 0.397 e. The Morgan fingerprint density at radius 3 is 2.86 bits per heavy atom. The molecule has 0 aliphatic rings. The minimum Gasteiger partial charge on any atom is -0.397 e. The number of non-ortho nitro benzene ring substituents is 1. The molecule has 6 nitrogen and oxygen atoms in total. The summed E-state index contributed by atoms with van der Waals surface area (Å²) < 4.78 is 0. The molecule has 8 heteroatoms. The Balaban J connectivity index is 2.09. The third-order valence-corrected chi connectivity index (χ3v) is 4.06. The summed E-state index contributed by atoms with van der Waals surface area (Å²) in [6, 6.07) is 6.15. The maximum atomic E-state index is 12.1. The number of hydrogen-bond donors (Lipinski definition) is 2. The van der Waals surface area contributed by atoms with Crippen LogP contribution in [0.15, 0.2) is 29.6 Å². The lowest BCUT2D eigenvalue weighted by Crippen LogP contribution is -2.26. The van der Waals surface area contributed by atoms with E-state index in [2.05, 4.69) is 5.32 Å². The zero-order valence-electron chi connectivity index (χ0n) is 10.8. The number of nitro groups is 1. The van der Waals surface area contributed by atoms with Crippen molar-refractivity contribution < 1.29 is 9.72 Å². The first kappa shape index (κ1) is 15.3. The van der Waals surface area contributed by atoms with E-state index in [1.54, 1.807) is 11.3 Å². The third-order valence-electron chi connectivity index (χ3n) is 2.81. The summed E-state index contributed by atoms with van der Waals surface area (Å²) in [6.45, 7) is 0.416. The number of nitrogens with two attached hydrogens (primary N) is 1. The number of nitrogens with one attached hydrogen (secondary N) is 1. The van der Waals surface area contributed by atoms with Crippen molar-refractivity contribution in [1.82, 2.24) is 5.32 Å². The van der Waals surface area contributed by atoms with Gasteiger partial charge in [0.2, 0.25) is 0 Å². The molecule has 0 atom stereocenters. The van der Waals surface area contributed by atoms with Gasteiger partial charge in [-0.25, -0.2) is 0 Å². The number of hydrogen-bond acceptors (Lipinski definition) is 5. The lowest BCUT2D eigenvalue weighted by Gasteiger charge is -2.08. The maximum absolute atomic E-state index is 12.1. The first-order chi connectivity index (χ1) is 9.99. The first-order valence-electron chi connectivity index (χ1n) is 6.03. The molecule has 0 aliphatic carbocycles. The molecule has 0 saturated heterocycles. The second-order valence-electron chi connectivity index (χ2n) is 4.23. The van der Waals surface area contributed by atoms with Gasteiger partial charge < -0.3 is 11.1 Å². The van der Waals surface area contributed by atoms with Gasteiger partial charge in [0.05, 0.1) is 21.2 Å². The Bertz CT molecular complexity index is 674. The van der Waals surface area contributed by atoms with Crippen LogP contribution in [0.3, 0.4) is 0 Å². The van der Waals surface area contributed by atoms with Crippen molar-refractivity contribution >= 4 is 40.2 Å². The monoisotopic (exact) mass is 325 g/mol. The molecular formula is C13H12ClN3O3S. The summed E-state index contributed by atoms with van der Waals surface area (Å²) in [5.41, 5.74) is 5.49. The number of anilines is 1. The minimum atomic E-state index is -0.617. The van der Waals surface area contributed by atoms with E-state index < -0.39 is 10.8 Å². The molecule has 1 heterocycles. The molecule has 1 amide bonds. The van der Waals surface area contributed by atoms with Gasteiger partial charge in [-0.1, -0.05) is 17.7 Å². The molecule has 2 aromatic rings. The normalized spacial score (nSPS) is 10.3. The van der Waals surface area contributed by atoms with E-state index in [-0.39, 0.29) is 22.0 Å². The molecule has 1 aromatic heterocycles. The molecule has 0 radical (unpaired) electrons. The van der Waals surface area contributed by atoms with Gasteiger partial charge in [0.15, 0.2) is 0 Å². The number of thiophene rings is 1. The molecule has 0 unspecified atom stereocenters. The van der Waals surface area contributed by atoms with Crippen molar-refractivity contribution in [2.75, 3.05) is 12.3 Å². The molecule has 0 spiro atoms. The lowest BCUT2D eigenvalue weighted by molar-refractivity contribution is -0.384. The zero-order chi connectivity index (χ0) is 15.4. The summed E-state index contributed by atoms with van der Waals surface area (Å²) in [7, 11) is 0. The Labute approximate surface area is 129 Å². The highest BCUT2D eigenvalue weighted by Crippen LogP contribution is 2.28. The van der Waals surface area contributed by atoms with Crippen molar-refractivity contribution in [3.63, 3.8) is 0 Å². The van der Waals surface area contributed by atoms with Gasteiger partial charge in [0, 0.05) is 23.6 Å². The van der Waals surface area contributed by atoms with Crippen molar-refractivity contribution in [2.24, 2.45) is 0 Å². The highest BCUT2D eigenvalue weighted by Gasteiger charge is 2.18. The van der Waals surface area contributed by atoms with Crippen LogP contribution in [-0.2, 0) is 6.42 Å². The number of carbonyl (C=O) groups excluding carboxylic acids is 1. The number of nitro benzene ring substituents is 1. The van der Waals surface area contributed by atoms with E-state index in [0.29, 0.717) is 13.0 Å². The summed E-state index contributed by atoms with van der Waals surface area (Å²) in [5, 5.41) is 15.4. The number of rotatable bonds is 5. The van der Waals surface area contributed by atoms with Gasteiger partial charge in [0.1, 0.15) is 0 Å². The number of halogens is 1. The fraction of sp³-hybridized carbons (Fsp3) is 0.154. The first-order valence-corrected chi connectivity index (χ1v) is 7.29. The zero-order valence-corrected chi connectivity index (χ0v) is 12.4. The Kier molecular flexibility index (Phi) is 4.77. The van der Waals surface area contributed by atoms with Gasteiger partial charge in [-0.05, 0) is 17.9 Å². The third kappa shape index (κ3) is 3.71. The number of nitrogens with zero attached hydrogens (tertiary/aromatic N) is 1. The summed E-state index contributed by atoms with van der Waals surface area (Å²) in [5.74, 6) is -0.477. The minimum absolute atomic E-state index is 0.00685. The highest BCUT2D eigenvalue weighted by atomic mass is 35.5. The van der Waals surface area contributed by atoms with Gasteiger partial charge >= 0.3 is 0 Å². The fourth-order valence-electron chi connectivity index (χ4n) is 1.75. The topological polar surface area (TPSA) is 98.3 Å². The van der Waals surface area contributed by atoms with Crippen LogP contribution in [0.5, 0.6) is 0 Å². The molecule has 21 heavy (non-hydrogen) atoms. The van der Waals surface area contributed by atoms with Gasteiger partial charge in [-0.2, -0.15) is 0 Å². The van der Waals surface area contributed by atoms with Crippen LogP contribution in [0.1, 0.15) is 15.2 Å². The lowest BCUT2D eigenvalue weighted by atomic mass is 10.1. The summed E-state index contributed by atoms with van der Waals surface area (Å²) >= 11 is 7.41. The smallest absolute Gasteiger partial charge is 0.271 e. The number of nitrogen functional groups attached to an aromatic ring is 1. The SMILES string of the molecule is Nc1c(Cl)cc([N+](=O)[O-])cc1C(=O)NCCc1cccs1. The predicted molar refractivity (Wildman–Crippen MR) is 82.9 cm³/mol. The van der Waals surface area contributed by atoms with Crippen molar-refractivity contribution in [3.05, 3.63) is 55.2 Å². The average Bonchev–Trinajstić information content (AvgIpc) is 2.94. The average molecular weight is 326 g/mol. The Morgan fingerprint density at radius 2 is 2.24 bits per heavy atom. The molecule has 1 aromatic carbocycles. The van der Waals surface area contributed by atoms with Crippen LogP contribution in [0.2, 0.25) is 5.02 Å². The molecule has 0 fully saturated rings. The van der Waals surface area contributed by atoms with Gasteiger partial charge in [-0.15, -0.1) is 11.3 Å². The molecule has 2 rings (SSSR count). The van der Waals surface area contributed by atoms with E-state index in [0.717, 1.165) is 17.0 Å². The van der Waals surface area contributed by atoms with Crippen LogP contribution in [0, 0.1) is 10.1 Å². The molecule has 0 saturated carbocycles. The maximum Gasteiger partial charge on any atom is 0.271 e. The van der Waals surface area contributed by atoms with E-state index in [1.807, 2.05) is 17.5 Å². The van der Waals surface area contributed by atoms with Crippen molar-refractivity contribution in [2.45, 2.75) is 6.42 Å². The Morgan fingerprint density at radius 1 is 1.48 bits per heavy atom. The van der Waals surface area contributed by atoms with E-state index >= 15 is 0 Å². The Hall–Kier alpha value is -2.12. The quantitative estimate of drug-likeness (QED) is 0.501. The number of amides is 1. The fourth-order valence-corrected chi connectivity index (χ4v) is 2.67. The van der Waals surface area contributed by atoms with Crippen LogP contribution >= 0.6 is 22.9 Å². The highest BCUT2D eigenvalue weighted by molar-refractivity contribution is 7.09. The molecule has 3 N–H and O–H groups in total. The molecule has 110 valence electrons. The van der Waals surface area contributed by atoms with E-state index in [1.165, 1.54) is 0 Å². The van der Waals surface area contributed by atoms with Crippen LogP contribution in [0.25, 0.3) is 0 Å². The number of benzene rings is 1. The molecule has 0 bridgehead atoms. The van der Waals surface area contributed by atoms with Gasteiger partial charge in [0.25, 0.3) is 11.6 Å². The molecular weight excluding hydrogens is 314 g/mol. The van der Waals surface area contributed by atoms with Crippen molar-refractivity contribution in [3.8, 4) is 0 Å². The second kappa shape index (κ2) is 6.55. The predicted octanol–water partition coefficient (Wildman–Crippen LogP) is 2.86. The second-order valence-corrected chi connectivity index (χ2v) is 5.67. The summed E-state index contributed by atoms with van der Waals surface area (Å²) in [4.78, 5) is 23.4. The van der Waals surface area contributed by atoms with Crippen LogP contribution < -0.4 is 11.1 Å². The van der Waals surface area contributed by atoms with E-state index in [4.69, 9.17) is 17.3 Å². The van der Waals surface area contributed by atoms with Gasteiger partial charge in [-0.3, -0.25) is 14.9 Å².